The molecule has 0 bridgehead atoms. The van der Waals surface area contributed by atoms with Crippen molar-refractivity contribution in [2.45, 2.75) is 50.3 Å². The van der Waals surface area contributed by atoms with Gasteiger partial charge in [-0.3, -0.25) is 0 Å². The van der Waals surface area contributed by atoms with Crippen LogP contribution in [0.3, 0.4) is 0 Å². The van der Waals surface area contributed by atoms with E-state index in [-0.39, 0.29) is 31.5 Å². The van der Waals surface area contributed by atoms with Gasteiger partial charge in [0, 0.05) is 7.11 Å². The van der Waals surface area contributed by atoms with E-state index in [1.54, 1.807) is 0 Å². The van der Waals surface area contributed by atoms with E-state index in [4.69, 9.17) is 9.47 Å². The van der Waals surface area contributed by atoms with Crippen molar-refractivity contribution in [2.75, 3.05) is 20.3 Å². The number of methoxy groups -OCH3 is 1. The Morgan fingerprint density at radius 3 is 1.66 bits per heavy atom. The molecule has 1 fully saturated rings. The number of hydrogen-bond donors (Lipinski definition) is 0. The fourth-order valence-corrected chi connectivity index (χ4v) is 4.49. The van der Waals surface area contributed by atoms with Crippen molar-refractivity contribution in [2.24, 2.45) is 5.41 Å². The van der Waals surface area contributed by atoms with Gasteiger partial charge >= 0.3 is 6.18 Å². The molecule has 0 N–H and O–H groups in total. The summed E-state index contributed by atoms with van der Waals surface area (Å²) in [6, 6.07) is 20.1. The highest BCUT2D eigenvalue weighted by atomic mass is 19.4. The lowest BCUT2D eigenvalue weighted by atomic mass is 9.63. The van der Waals surface area contributed by atoms with Crippen molar-refractivity contribution < 1.29 is 22.6 Å². The van der Waals surface area contributed by atoms with E-state index in [0.717, 1.165) is 12.8 Å². The molecule has 0 atom stereocenters. The van der Waals surface area contributed by atoms with Gasteiger partial charge in [0.1, 0.15) is 0 Å². The smallest absolute Gasteiger partial charge is 0.382 e. The first-order chi connectivity index (χ1) is 13.9. The Hall–Kier alpha value is -1.85. The van der Waals surface area contributed by atoms with Crippen LogP contribution in [0.25, 0.3) is 0 Å². The third-order valence-corrected chi connectivity index (χ3v) is 6.14. The maximum Gasteiger partial charge on any atom is 0.417 e. The predicted molar refractivity (Wildman–Crippen MR) is 108 cm³/mol. The molecule has 158 valence electrons. The summed E-state index contributed by atoms with van der Waals surface area (Å²) in [5.74, 6) is 0. The summed E-state index contributed by atoms with van der Waals surface area (Å²) in [7, 11) is 1.47. The Morgan fingerprint density at radius 2 is 1.24 bits per heavy atom. The number of ether oxygens (including phenoxy) is 2. The van der Waals surface area contributed by atoms with Crippen LogP contribution in [0.2, 0.25) is 0 Å². The van der Waals surface area contributed by atoms with Crippen molar-refractivity contribution in [1.82, 2.24) is 0 Å². The lowest BCUT2D eigenvalue weighted by molar-refractivity contribution is -0.295. The molecule has 0 heterocycles. The normalized spacial score (nSPS) is 18.5. The fraction of sp³-hybridized carbons (Fsp3) is 0.500. The minimum Gasteiger partial charge on any atom is -0.382 e. The second-order valence-electron chi connectivity index (χ2n) is 8.16. The summed E-state index contributed by atoms with van der Waals surface area (Å²) in [5.41, 5.74) is 0.0660. The van der Waals surface area contributed by atoms with Gasteiger partial charge in [-0.1, -0.05) is 60.7 Å². The first-order valence-corrected chi connectivity index (χ1v) is 10.2. The van der Waals surface area contributed by atoms with Crippen LogP contribution < -0.4 is 0 Å². The van der Waals surface area contributed by atoms with Crippen LogP contribution >= 0.6 is 0 Å². The molecule has 2 aromatic carbocycles. The molecule has 5 heteroatoms. The molecule has 0 spiro atoms. The van der Waals surface area contributed by atoms with Crippen LogP contribution in [0.4, 0.5) is 13.2 Å². The first-order valence-electron chi connectivity index (χ1n) is 10.2. The van der Waals surface area contributed by atoms with E-state index in [9.17, 15) is 13.2 Å². The van der Waals surface area contributed by atoms with Crippen LogP contribution in [-0.2, 0) is 22.3 Å². The highest BCUT2D eigenvalue weighted by Gasteiger charge is 2.59. The standard InChI is InChI=1S/C24H29F3O2/c1-28-16-17-29-23(24(25,26)27)14-12-22(13-15-23,18-20-8-4-2-5-9-20)19-21-10-6-3-7-11-21/h2-11H,12-19H2,1H3. The second kappa shape index (κ2) is 9.31. The Balaban J connectivity index is 1.82. The summed E-state index contributed by atoms with van der Waals surface area (Å²) >= 11 is 0. The molecule has 1 aliphatic rings. The molecule has 0 aliphatic heterocycles. The van der Waals surface area contributed by atoms with Crippen LogP contribution in [0.1, 0.15) is 36.8 Å². The molecule has 29 heavy (non-hydrogen) atoms. The molecule has 1 aliphatic carbocycles. The number of alkyl halides is 3. The van der Waals surface area contributed by atoms with Crippen LogP contribution in [0.5, 0.6) is 0 Å². The van der Waals surface area contributed by atoms with E-state index in [1.807, 2.05) is 36.4 Å². The van der Waals surface area contributed by atoms with Crippen molar-refractivity contribution in [3.05, 3.63) is 71.8 Å². The topological polar surface area (TPSA) is 18.5 Å². The zero-order valence-corrected chi connectivity index (χ0v) is 16.9. The quantitative estimate of drug-likeness (QED) is 0.501. The van der Waals surface area contributed by atoms with Gasteiger partial charge < -0.3 is 9.47 Å². The highest BCUT2D eigenvalue weighted by molar-refractivity contribution is 5.22. The molecule has 0 unspecified atom stereocenters. The van der Waals surface area contributed by atoms with Gasteiger partial charge in [-0.05, 0) is 55.1 Å². The summed E-state index contributed by atoms with van der Waals surface area (Å²) in [5, 5.41) is 0. The first kappa shape index (κ1) is 21.8. The Morgan fingerprint density at radius 1 is 0.759 bits per heavy atom. The average molecular weight is 406 g/mol. The Bertz CT molecular complexity index is 692. The van der Waals surface area contributed by atoms with Gasteiger partial charge in [0.25, 0.3) is 0 Å². The third-order valence-electron chi connectivity index (χ3n) is 6.14. The minimum absolute atomic E-state index is 0.0140. The van der Waals surface area contributed by atoms with E-state index in [1.165, 1.54) is 18.2 Å². The van der Waals surface area contributed by atoms with E-state index < -0.39 is 11.8 Å². The van der Waals surface area contributed by atoms with Gasteiger partial charge in [0.05, 0.1) is 13.2 Å². The highest BCUT2D eigenvalue weighted by Crippen LogP contribution is 2.52. The molecule has 0 amide bonds. The lowest BCUT2D eigenvalue weighted by Crippen LogP contribution is -2.53. The molecule has 0 radical (unpaired) electrons. The molecule has 0 aromatic heterocycles. The maximum atomic E-state index is 14.0. The van der Waals surface area contributed by atoms with Crippen molar-refractivity contribution in [1.29, 1.82) is 0 Å². The molecule has 2 aromatic rings. The monoisotopic (exact) mass is 406 g/mol. The van der Waals surface area contributed by atoms with E-state index in [0.29, 0.717) is 12.8 Å². The molecular formula is C24H29F3O2. The second-order valence-corrected chi connectivity index (χ2v) is 8.16. The summed E-state index contributed by atoms with van der Waals surface area (Å²) in [6.45, 7) is 0.122. The van der Waals surface area contributed by atoms with Crippen LogP contribution in [0, 0.1) is 5.41 Å². The van der Waals surface area contributed by atoms with E-state index >= 15 is 0 Å². The van der Waals surface area contributed by atoms with Gasteiger partial charge in [0.15, 0.2) is 5.60 Å². The average Bonchev–Trinajstić information content (AvgIpc) is 2.70. The lowest BCUT2D eigenvalue weighted by Gasteiger charge is -2.47. The molecule has 0 saturated heterocycles. The number of benzene rings is 2. The minimum atomic E-state index is -4.38. The fourth-order valence-electron chi connectivity index (χ4n) is 4.49. The van der Waals surface area contributed by atoms with Crippen molar-refractivity contribution in [3.8, 4) is 0 Å². The zero-order valence-electron chi connectivity index (χ0n) is 16.9. The largest absolute Gasteiger partial charge is 0.417 e. The molecule has 2 nitrogen and oxygen atoms in total. The molecule has 1 saturated carbocycles. The number of hydrogen-bond acceptors (Lipinski definition) is 2. The summed E-state index contributed by atoms with van der Waals surface area (Å²) in [6.07, 6.45) is -1.91. The predicted octanol–water partition coefficient (Wildman–Crippen LogP) is 6.00. The van der Waals surface area contributed by atoms with Crippen molar-refractivity contribution >= 4 is 0 Å². The number of rotatable bonds is 8. The zero-order chi connectivity index (χ0) is 20.8. The van der Waals surface area contributed by atoms with Crippen molar-refractivity contribution in [3.63, 3.8) is 0 Å². The maximum absolute atomic E-state index is 14.0. The SMILES string of the molecule is COCCOC1(C(F)(F)F)CCC(Cc2ccccc2)(Cc2ccccc2)CC1. The molecule has 3 rings (SSSR count). The third kappa shape index (κ3) is 5.40. The molecular weight excluding hydrogens is 377 g/mol. The Labute approximate surface area is 171 Å². The Kier molecular flexibility index (Phi) is 7.01. The van der Waals surface area contributed by atoms with Gasteiger partial charge in [-0.15, -0.1) is 0 Å². The van der Waals surface area contributed by atoms with E-state index in [2.05, 4.69) is 24.3 Å². The van der Waals surface area contributed by atoms with Gasteiger partial charge in [-0.2, -0.15) is 13.2 Å². The van der Waals surface area contributed by atoms with Gasteiger partial charge in [0.2, 0.25) is 0 Å². The summed E-state index contributed by atoms with van der Waals surface area (Å²) in [4.78, 5) is 0. The van der Waals surface area contributed by atoms with Crippen LogP contribution in [-0.4, -0.2) is 32.1 Å². The van der Waals surface area contributed by atoms with Gasteiger partial charge in [-0.25, -0.2) is 0 Å². The summed E-state index contributed by atoms with van der Waals surface area (Å²) < 4.78 is 52.2. The number of halogens is 3. The van der Waals surface area contributed by atoms with Crippen LogP contribution in [0.15, 0.2) is 60.7 Å².